The van der Waals surface area contributed by atoms with E-state index < -0.39 is 5.91 Å². The van der Waals surface area contributed by atoms with E-state index in [4.69, 9.17) is 49.3 Å². The number of furan rings is 1. The average molecular weight is 508 g/mol. The molecule has 0 aliphatic heterocycles. The number of methoxy groups -OCH3 is 2. The van der Waals surface area contributed by atoms with Crippen LogP contribution in [-0.2, 0) is 0 Å². The lowest BCUT2D eigenvalue weighted by atomic mass is 10.2. The highest BCUT2D eigenvalue weighted by Gasteiger charge is 2.17. The van der Waals surface area contributed by atoms with Crippen LogP contribution < -0.4 is 20.1 Å². The smallest absolute Gasteiger partial charge is 0.293 e. The predicted molar refractivity (Wildman–Crippen MR) is 131 cm³/mol. The minimum absolute atomic E-state index is 0.0656. The third-order valence-electron chi connectivity index (χ3n) is 4.36. The van der Waals surface area contributed by atoms with Gasteiger partial charge in [0.15, 0.2) is 16.0 Å². The number of hydrogen-bond donors (Lipinski definition) is 2. The Bertz CT molecular complexity index is 1340. The van der Waals surface area contributed by atoms with Crippen LogP contribution in [0.1, 0.15) is 10.6 Å². The summed E-state index contributed by atoms with van der Waals surface area (Å²) >= 11 is 18.8. The third-order valence-corrected chi connectivity index (χ3v) is 6.05. The second kappa shape index (κ2) is 9.33. The molecule has 0 radical (unpaired) electrons. The van der Waals surface area contributed by atoms with Crippen LogP contribution in [0, 0.1) is 0 Å². The molecule has 0 spiro atoms. The summed E-state index contributed by atoms with van der Waals surface area (Å²) in [6.45, 7) is 0. The summed E-state index contributed by atoms with van der Waals surface area (Å²) in [5.41, 5.74) is 1.24. The summed E-state index contributed by atoms with van der Waals surface area (Å²) in [4.78, 5) is 17.0. The minimum Gasteiger partial charge on any atom is -0.497 e. The van der Waals surface area contributed by atoms with Gasteiger partial charge in [0, 0.05) is 16.7 Å². The van der Waals surface area contributed by atoms with E-state index in [0.717, 1.165) is 4.70 Å². The molecule has 1 amide bonds. The zero-order chi connectivity index (χ0) is 22.8. The highest BCUT2D eigenvalue weighted by Crippen LogP contribution is 2.36. The van der Waals surface area contributed by atoms with Gasteiger partial charge in [-0.1, -0.05) is 34.5 Å². The van der Waals surface area contributed by atoms with Crippen molar-refractivity contribution in [3.05, 3.63) is 58.3 Å². The van der Waals surface area contributed by atoms with Crippen LogP contribution in [0.4, 0.5) is 5.13 Å². The number of fused-ring (bicyclic) bond motifs is 1. The Kier molecular flexibility index (Phi) is 6.52. The van der Waals surface area contributed by atoms with E-state index in [-0.39, 0.29) is 10.9 Å². The van der Waals surface area contributed by atoms with E-state index in [1.165, 1.54) is 17.4 Å². The number of halogens is 2. The molecule has 2 N–H and O–H groups in total. The number of thiazole rings is 1. The van der Waals surface area contributed by atoms with E-state index in [2.05, 4.69) is 15.6 Å². The first-order chi connectivity index (χ1) is 15.4. The maximum Gasteiger partial charge on any atom is 0.293 e. The molecule has 2 heterocycles. The number of carbonyl (C=O) groups is 1. The zero-order valence-corrected chi connectivity index (χ0v) is 19.8. The summed E-state index contributed by atoms with van der Waals surface area (Å²) in [5, 5.41) is 6.99. The topological polar surface area (TPSA) is 85.6 Å². The van der Waals surface area contributed by atoms with E-state index in [9.17, 15) is 4.79 Å². The number of anilines is 1. The summed E-state index contributed by atoms with van der Waals surface area (Å²) in [7, 11) is 3.13. The first-order valence-electron chi connectivity index (χ1n) is 9.08. The molecular formula is C21H15Cl2N3O4S2. The summed E-state index contributed by atoms with van der Waals surface area (Å²) in [5.74, 6) is 1.17. The van der Waals surface area contributed by atoms with Gasteiger partial charge in [-0.3, -0.25) is 10.1 Å². The van der Waals surface area contributed by atoms with Crippen LogP contribution in [0.25, 0.3) is 21.5 Å². The molecule has 2 aromatic carbocycles. The number of nitrogens with zero attached hydrogens (tertiary/aromatic N) is 1. The van der Waals surface area contributed by atoms with Crippen molar-refractivity contribution in [2.45, 2.75) is 0 Å². The fourth-order valence-corrected chi connectivity index (χ4v) is 4.44. The van der Waals surface area contributed by atoms with Gasteiger partial charge < -0.3 is 19.2 Å². The molecule has 7 nitrogen and oxygen atoms in total. The number of nitrogens with one attached hydrogen (secondary N) is 2. The SMILES string of the molecule is COc1cc(OC)c2nc(NC(=S)NC(=O)c3ccc(-c4cc(Cl)ccc4Cl)o3)sc2c1. The Morgan fingerprint density at radius 3 is 2.69 bits per heavy atom. The number of ether oxygens (including phenoxy) is 2. The number of aromatic nitrogens is 1. The Morgan fingerprint density at radius 1 is 1.12 bits per heavy atom. The lowest BCUT2D eigenvalue weighted by Crippen LogP contribution is -2.33. The minimum atomic E-state index is -0.521. The van der Waals surface area contributed by atoms with E-state index in [1.54, 1.807) is 44.6 Å². The fraction of sp³-hybridized carbons (Fsp3) is 0.0952. The van der Waals surface area contributed by atoms with Crippen molar-refractivity contribution < 1.29 is 18.7 Å². The predicted octanol–water partition coefficient (Wildman–Crippen LogP) is 6.01. The van der Waals surface area contributed by atoms with Gasteiger partial charge in [0.05, 0.1) is 23.9 Å². The molecule has 0 aliphatic rings. The Labute approximate surface area is 202 Å². The summed E-state index contributed by atoms with van der Waals surface area (Å²) < 4.78 is 17.1. The van der Waals surface area contributed by atoms with Gasteiger partial charge in [0.25, 0.3) is 5.91 Å². The van der Waals surface area contributed by atoms with Crippen molar-refractivity contribution in [1.29, 1.82) is 0 Å². The van der Waals surface area contributed by atoms with Crippen LogP contribution >= 0.6 is 46.8 Å². The number of thiocarbonyl (C=S) groups is 1. The molecule has 164 valence electrons. The highest BCUT2D eigenvalue weighted by atomic mass is 35.5. The summed E-state index contributed by atoms with van der Waals surface area (Å²) in [6, 6.07) is 11.7. The normalized spacial score (nSPS) is 10.8. The largest absolute Gasteiger partial charge is 0.497 e. The van der Waals surface area contributed by atoms with Crippen molar-refractivity contribution in [2.24, 2.45) is 0 Å². The van der Waals surface area contributed by atoms with Gasteiger partial charge in [0.1, 0.15) is 22.8 Å². The standard InChI is InChI=1S/C21H15Cl2N3O4S2/c1-28-11-8-16(29-2)18-17(9-11)32-21(24-18)26-20(31)25-19(27)15-6-5-14(30-15)12-7-10(22)3-4-13(12)23/h3-9H,1-2H3,(H2,24,25,26,27,31). The van der Waals surface area contributed by atoms with Gasteiger partial charge in [-0.15, -0.1) is 0 Å². The quantitative estimate of drug-likeness (QED) is 0.320. The van der Waals surface area contributed by atoms with E-state index >= 15 is 0 Å². The number of rotatable bonds is 5. The molecule has 4 aromatic rings. The lowest BCUT2D eigenvalue weighted by Gasteiger charge is -2.05. The van der Waals surface area contributed by atoms with Gasteiger partial charge in [-0.2, -0.15) is 0 Å². The van der Waals surface area contributed by atoms with Crippen LogP contribution in [-0.4, -0.2) is 30.2 Å². The molecular weight excluding hydrogens is 493 g/mol. The first kappa shape index (κ1) is 22.3. The lowest BCUT2D eigenvalue weighted by molar-refractivity contribution is 0.0951. The Balaban J connectivity index is 1.47. The number of benzene rings is 2. The first-order valence-corrected chi connectivity index (χ1v) is 11.1. The zero-order valence-electron chi connectivity index (χ0n) is 16.7. The molecule has 11 heteroatoms. The third kappa shape index (κ3) is 4.66. The molecule has 0 saturated carbocycles. The number of carbonyl (C=O) groups excluding carboxylic acids is 1. The molecule has 0 atom stereocenters. The maximum absolute atomic E-state index is 12.6. The van der Waals surface area contributed by atoms with Crippen LogP contribution in [0.2, 0.25) is 10.0 Å². The Morgan fingerprint density at radius 2 is 1.94 bits per heavy atom. The molecule has 0 bridgehead atoms. The number of hydrogen-bond acceptors (Lipinski definition) is 7. The second-order valence-electron chi connectivity index (χ2n) is 6.39. The summed E-state index contributed by atoms with van der Waals surface area (Å²) in [6.07, 6.45) is 0. The van der Waals surface area contributed by atoms with Crippen molar-refractivity contribution in [2.75, 3.05) is 19.5 Å². The van der Waals surface area contributed by atoms with Crippen molar-refractivity contribution in [1.82, 2.24) is 10.3 Å². The molecule has 4 rings (SSSR count). The van der Waals surface area contributed by atoms with Gasteiger partial charge >= 0.3 is 0 Å². The van der Waals surface area contributed by atoms with Crippen molar-refractivity contribution in [3.8, 4) is 22.8 Å². The monoisotopic (exact) mass is 507 g/mol. The Hall–Kier alpha value is -2.85. The molecule has 0 fully saturated rings. The molecule has 2 aromatic heterocycles. The van der Waals surface area contributed by atoms with Gasteiger partial charge in [-0.05, 0) is 48.6 Å². The molecule has 0 unspecified atom stereocenters. The molecule has 32 heavy (non-hydrogen) atoms. The molecule has 0 saturated heterocycles. The highest BCUT2D eigenvalue weighted by molar-refractivity contribution is 7.80. The van der Waals surface area contributed by atoms with Crippen LogP contribution in [0.15, 0.2) is 46.9 Å². The average Bonchev–Trinajstić information content (AvgIpc) is 3.41. The van der Waals surface area contributed by atoms with Gasteiger partial charge in [-0.25, -0.2) is 4.98 Å². The molecule has 0 aliphatic carbocycles. The second-order valence-corrected chi connectivity index (χ2v) is 8.67. The van der Waals surface area contributed by atoms with Gasteiger partial charge in [0.2, 0.25) is 0 Å². The maximum atomic E-state index is 12.6. The fourth-order valence-electron chi connectivity index (χ4n) is 2.89. The van der Waals surface area contributed by atoms with Crippen molar-refractivity contribution >= 4 is 73.1 Å². The number of amides is 1. The van der Waals surface area contributed by atoms with Crippen LogP contribution in [0.3, 0.4) is 0 Å². The van der Waals surface area contributed by atoms with E-state index in [0.29, 0.717) is 43.5 Å². The van der Waals surface area contributed by atoms with Crippen molar-refractivity contribution in [3.63, 3.8) is 0 Å². The van der Waals surface area contributed by atoms with Crippen LogP contribution in [0.5, 0.6) is 11.5 Å². The van der Waals surface area contributed by atoms with E-state index in [1.807, 2.05) is 6.07 Å².